The highest BCUT2D eigenvalue weighted by Crippen LogP contribution is 2.26. The van der Waals surface area contributed by atoms with Crippen molar-refractivity contribution in [3.63, 3.8) is 0 Å². The van der Waals surface area contributed by atoms with E-state index in [4.69, 9.17) is 0 Å². The van der Waals surface area contributed by atoms with Crippen LogP contribution in [0.25, 0.3) is 11.1 Å². The van der Waals surface area contributed by atoms with Crippen LogP contribution in [0.3, 0.4) is 0 Å². The first-order valence-electron chi connectivity index (χ1n) is 7.27. The van der Waals surface area contributed by atoms with Gasteiger partial charge in [0.05, 0.1) is 0 Å². The van der Waals surface area contributed by atoms with E-state index in [1.165, 1.54) is 5.56 Å². The molecule has 1 nitrogen and oxygen atoms in total. The molecule has 2 aromatic carbocycles. The number of hydrogen-bond donors (Lipinski definition) is 1. The van der Waals surface area contributed by atoms with E-state index in [1.54, 1.807) is 6.07 Å². The molecule has 0 heterocycles. The molecule has 0 spiro atoms. The fourth-order valence-corrected chi connectivity index (χ4v) is 2.38. The van der Waals surface area contributed by atoms with E-state index in [2.05, 4.69) is 38.2 Å². The van der Waals surface area contributed by atoms with Crippen molar-refractivity contribution in [2.24, 2.45) is 0 Å². The Kier molecular flexibility index (Phi) is 4.91. The van der Waals surface area contributed by atoms with Crippen LogP contribution in [0.1, 0.15) is 37.9 Å². The maximum absolute atomic E-state index is 14.1. The van der Waals surface area contributed by atoms with Crippen LogP contribution >= 0.6 is 0 Å². The van der Waals surface area contributed by atoms with Gasteiger partial charge in [-0.15, -0.1) is 0 Å². The summed E-state index contributed by atoms with van der Waals surface area (Å²) in [4.78, 5) is 0. The summed E-state index contributed by atoms with van der Waals surface area (Å²) < 4.78 is 14.1. The quantitative estimate of drug-likeness (QED) is 0.829. The summed E-state index contributed by atoms with van der Waals surface area (Å²) in [5.41, 5.74) is 3.99. The third-order valence-corrected chi connectivity index (χ3v) is 3.67. The predicted octanol–water partition coefficient (Wildman–Crippen LogP) is 4.73. The van der Waals surface area contributed by atoms with Gasteiger partial charge in [0.25, 0.3) is 0 Å². The fraction of sp³-hybridized carbons (Fsp3) is 0.333. The zero-order chi connectivity index (χ0) is 14.5. The molecule has 20 heavy (non-hydrogen) atoms. The lowest BCUT2D eigenvalue weighted by atomic mass is 9.98. The van der Waals surface area contributed by atoms with Crippen molar-refractivity contribution in [3.8, 4) is 11.1 Å². The third kappa shape index (κ3) is 3.26. The zero-order valence-corrected chi connectivity index (χ0v) is 12.4. The van der Waals surface area contributed by atoms with Crippen molar-refractivity contribution < 1.29 is 4.39 Å². The van der Waals surface area contributed by atoms with Gasteiger partial charge < -0.3 is 5.32 Å². The van der Waals surface area contributed by atoms with Gasteiger partial charge in [0.1, 0.15) is 5.82 Å². The normalized spacial score (nSPS) is 12.4. The molecule has 1 atom stereocenters. The van der Waals surface area contributed by atoms with Gasteiger partial charge in [-0.1, -0.05) is 44.2 Å². The lowest BCUT2D eigenvalue weighted by molar-refractivity contribution is 0.593. The Labute approximate surface area is 120 Å². The molecule has 0 saturated carbocycles. The summed E-state index contributed by atoms with van der Waals surface area (Å²) in [6.45, 7) is 7.19. The summed E-state index contributed by atoms with van der Waals surface area (Å²) in [5.74, 6) is -0.165. The summed E-state index contributed by atoms with van der Waals surface area (Å²) in [6, 6.07) is 13.7. The van der Waals surface area contributed by atoms with Gasteiger partial charge in [-0.25, -0.2) is 4.39 Å². The second kappa shape index (κ2) is 6.67. The molecule has 0 amide bonds. The van der Waals surface area contributed by atoms with Crippen LogP contribution < -0.4 is 5.32 Å². The van der Waals surface area contributed by atoms with Crippen molar-refractivity contribution in [2.45, 2.75) is 33.2 Å². The van der Waals surface area contributed by atoms with Crippen LogP contribution in [0.5, 0.6) is 0 Å². The van der Waals surface area contributed by atoms with Gasteiger partial charge in [0.15, 0.2) is 0 Å². The first-order valence-corrected chi connectivity index (χ1v) is 7.27. The smallest absolute Gasteiger partial charge is 0.131 e. The molecule has 0 bridgehead atoms. The van der Waals surface area contributed by atoms with Crippen LogP contribution in [-0.2, 0) is 6.42 Å². The number of nitrogens with one attached hydrogen (secondary N) is 1. The second-order valence-corrected chi connectivity index (χ2v) is 5.07. The Morgan fingerprint density at radius 3 is 2.35 bits per heavy atom. The number of aryl methyl sites for hydroxylation is 1. The van der Waals surface area contributed by atoms with Crippen LogP contribution in [0, 0.1) is 5.82 Å². The minimum atomic E-state index is -0.165. The van der Waals surface area contributed by atoms with Gasteiger partial charge in [-0.3, -0.25) is 0 Å². The monoisotopic (exact) mass is 271 g/mol. The van der Waals surface area contributed by atoms with Crippen molar-refractivity contribution in [1.82, 2.24) is 5.32 Å². The maximum Gasteiger partial charge on any atom is 0.131 e. The molecule has 1 unspecified atom stereocenters. The van der Waals surface area contributed by atoms with E-state index in [0.29, 0.717) is 5.56 Å². The molecular formula is C18H22FN. The minimum Gasteiger partial charge on any atom is -0.310 e. The van der Waals surface area contributed by atoms with Gasteiger partial charge in [0, 0.05) is 11.6 Å². The molecule has 1 N–H and O–H groups in total. The average Bonchev–Trinajstić information content (AvgIpc) is 2.48. The highest BCUT2D eigenvalue weighted by Gasteiger charge is 2.10. The molecule has 0 fully saturated rings. The van der Waals surface area contributed by atoms with E-state index in [9.17, 15) is 4.39 Å². The van der Waals surface area contributed by atoms with Crippen molar-refractivity contribution in [3.05, 3.63) is 59.4 Å². The van der Waals surface area contributed by atoms with Gasteiger partial charge in [-0.05, 0) is 48.7 Å². The van der Waals surface area contributed by atoms with E-state index in [0.717, 1.165) is 24.1 Å². The van der Waals surface area contributed by atoms with E-state index in [-0.39, 0.29) is 11.9 Å². The third-order valence-electron chi connectivity index (χ3n) is 3.67. The Hall–Kier alpha value is -1.67. The topological polar surface area (TPSA) is 12.0 Å². The van der Waals surface area contributed by atoms with E-state index < -0.39 is 0 Å². The molecular weight excluding hydrogens is 249 g/mol. The molecule has 0 aliphatic heterocycles. The van der Waals surface area contributed by atoms with Gasteiger partial charge >= 0.3 is 0 Å². The van der Waals surface area contributed by atoms with E-state index in [1.807, 2.05) is 24.3 Å². The summed E-state index contributed by atoms with van der Waals surface area (Å²) in [5, 5.41) is 3.36. The standard InChI is InChI=1S/C18H22FN/c1-4-14-6-8-15(9-7-14)17-12-16(10-11-18(17)19)13(3)20-5-2/h6-13,20H,4-5H2,1-3H3. The lowest BCUT2D eigenvalue weighted by Crippen LogP contribution is -2.17. The SMILES string of the molecule is CCNC(C)c1ccc(F)c(-c2ccc(CC)cc2)c1. The largest absolute Gasteiger partial charge is 0.310 e. The lowest BCUT2D eigenvalue weighted by Gasteiger charge is -2.14. The number of hydrogen-bond acceptors (Lipinski definition) is 1. The minimum absolute atomic E-state index is 0.165. The molecule has 2 rings (SSSR count). The first-order chi connectivity index (χ1) is 9.65. The number of halogens is 1. The number of rotatable bonds is 5. The molecule has 2 heteroatoms. The van der Waals surface area contributed by atoms with Crippen LogP contribution in [0.2, 0.25) is 0 Å². The Morgan fingerprint density at radius 2 is 1.75 bits per heavy atom. The van der Waals surface area contributed by atoms with Crippen molar-refractivity contribution >= 4 is 0 Å². The molecule has 106 valence electrons. The Bertz CT molecular complexity index is 560. The molecule has 0 radical (unpaired) electrons. The van der Waals surface area contributed by atoms with Crippen LogP contribution in [0.15, 0.2) is 42.5 Å². The highest BCUT2D eigenvalue weighted by molar-refractivity contribution is 5.65. The van der Waals surface area contributed by atoms with Crippen molar-refractivity contribution in [1.29, 1.82) is 0 Å². The maximum atomic E-state index is 14.1. The fourth-order valence-electron chi connectivity index (χ4n) is 2.38. The molecule has 0 saturated heterocycles. The van der Waals surface area contributed by atoms with Crippen molar-refractivity contribution in [2.75, 3.05) is 6.54 Å². The zero-order valence-electron chi connectivity index (χ0n) is 12.4. The predicted molar refractivity (Wildman–Crippen MR) is 83.3 cm³/mol. The molecule has 0 aromatic heterocycles. The molecule has 0 aliphatic rings. The summed E-state index contributed by atoms with van der Waals surface area (Å²) in [7, 11) is 0. The van der Waals surface area contributed by atoms with Gasteiger partial charge in [-0.2, -0.15) is 0 Å². The van der Waals surface area contributed by atoms with Crippen LogP contribution in [-0.4, -0.2) is 6.54 Å². The van der Waals surface area contributed by atoms with Gasteiger partial charge in [0.2, 0.25) is 0 Å². The Balaban J connectivity index is 2.36. The molecule has 0 aliphatic carbocycles. The number of benzene rings is 2. The summed E-state index contributed by atoms with van der Waals surface area (Å²) in [6.07, 6.45) is 1.00. The molecule has 2 aromatic rings. The first kappa shape index (κ1) is 14.7. The Morgan fingerprint density at radius 1 is 1.05 bits per heavy atom. The second-order valence-electron chi connectivity index (χ2n) is 5.07. The summed E-state index contributed by atoms with van der Waals surface area (Å²) >= 11 is 0. The average molecular weight is 271 g/mol. The van der Waals surface area contributed by atoms with Crippen LogP contribution in [0.4, 0.5) is 4.39 Å². The highest BCUT2D eigenvalue weighted by atomic mass is 19.1. The van der Waals surface area contributed by atoms with E-state index >= 15 is 0 Å².